The molecule has 3 rings (SSSR count). The van der Waals surface area contributed by atoms with Gasteiger partial charge < -0.3 is 5.11 Å². The highest BCUT2D eigenvalue weighted by Crippen LogP contribution is 2.20. The first kappa shape index (κ1) is 13.6. The molecular weight excluding hydrogens is 323 g/mol. The summed E-state index contributed by atoms with van der Waals surface area (Å²) in [6, 6.07) is 0.857. The Balaban J connectivity index is 2.51. The Morgan fingerprint density at radius 1 is 1.48 bits per heavy atom. The molecule has 0 aliphatic heterocycles. The van der Waals surface area contributed by atoms with Crippen molar-refractivity contribution >= 4 is 40.3 Å². The summed E-state index contributed by atoms with van der Waals surface area (Å²) in [4.78, 5) is 27.0. The van der Waals surface area contributed by atoms with Crippen molar-refractivity contribution in [1.82, 2.24) is 18.3 Å². The number of carboxylic acid groups (broad SMARTS) is 1. The van der Waals surface area contributed by atoms with Gasteiger partial charge in [-0.1, -0.05) is 11.6 Å². The minimum atomic E-state index is -1.44. The summed E-state index contributed by atoms with van der Waals surface area (Å²) in [5.74, 6) is -2.09. The molecule has 0 fully saturated rings. The molecule has 0 atom stereocenters. The summed E-state index contributed by atoms with van der Waals surface area (Å²) in [6.45, 7) is 0. The molecular formula is C11H4ClFN4O3S. The van der Waals surface area contributed by atoms with Gasteiger partial charge in [0.2, 0.25) is 5.43 Å². The number of hydrogen-bond acceptors (Lipinski definition) is 6. The maximum Gasteiger partial charge on any atom is 0.341 e. The van der Waals surface area contributed by atoms with Crippen molar-refractivity contribution in [1.29, 1.82) is 0 Å². The number of pyridine rings is 2. The molecule has 3 aromatic rings. The van der Waals surface area contributed by atoms with Gasteiger partial charge in [0, 0.05) is 6.20 Å². The van der Waals surface area contributed by atoms with Crippen LogP contribution in [0.4, 0.5) is 4.39 Å². The molecule has 7 nitrogen and oxygen atoms in total. The maximum atomic E-state index is 13.5. The zero-order valence-corrected chi connectivity index (χ0v) is 11.5. The lowest BCUT2D eigenvalue weighted by atomic mass is 10.2. The van der Waals surface area contributed by atoms with Gasteiger partial charge >= 0.3 is 5.97 Å². The third kappa shape index (κ3) is 2.16. The minimum absolute atomic E-state index is 0.00380. The second-order valence-electron chi connectivity index (χ2n) is 3.94. The quantitative estimate of drug-likeness (QED) is 0.720. The summed E-state index contributed by atoms with van der Waals surface area (Å²) in [5.41, 5.74) is -1.37. The van der Waals surface area contributed by atoms with Gasteiger partial charge in [-0.3, -0.25) is 9.36 Å². The fourth-order valence-electron chi connectivity index (χ4n) is 1.79. The van der Waals surface area contributed by atoms with E-state index < -0.39 is 27.9 Å². The SMILES string of the molecule is O=C(O)c1cn(-c2cnsn2)c2nc(Cl)c(F)cc2c1=O. The van der Waals surface area contributed by atoms with Gasteiger partial charge in [-0.2, -0.15) is 8.75 Å². The van der Waals surface area contributed by atoms with E-state index in [9.17, 15) is 14.0 Å². The van der Waals surface area contributed by atoms with Crippen molar-refractivity contribution in [3.63, 3.8) is 0 Å². The zero-order chi connectivity index (χ0) is 15.1. The van der Waals surface area contributed by atoms with Crippen LogP contribution in [0.5, 0.6) is 0 Å². The molecule has 0 spiro atoms. The monoisotopic (exact) mass is 326 g/mol. The van der Waals surface area contributed by atoms with Crippen LogP contribution >= 0.6 is 23.3 Å². The molecule has 106 valence electrons. The number of rotatable bonds is 2. The van der Waals surface area contributed by atoms with Crippen molar-refractivity contribution in [2.75, 3.05) is 0 Å². The van der Waals surface area contributed by atoms with Gasteiger partial charge in [-0.15, -0.1) is 0 Å². The van der Waals surface area contributed by atoms with Crippen LogP contribution < -0.4 is 5.43 Å². The van der Waals surface area contributed by atoms with E-state index in [-0.39, 0.29) is 16.9 Å². The van der Waals surface area contributed by atoms with E-state index >= 15 is 0 Å². The fourth-order valence-corrected chi connectivity index (χ4v) is 2.34. The van der Waals surface area contributed by atoms with E-state index in [0.29, 0.717) is 0 Å². The highest BCUT2D eigenvalue weighted by molar-refractivity contribution is 6.99. The summed E-state index contributed by atoms with van der Waals surface area (Å²) >= 11 is 6.51. The number of carboxylic acids is 1. The lowest BCUT2D eigenvalue weighted by molar-refractivity contribution is 0.0695. The van der Waals surface area contributed by atoms with Crippen LogP contribution in [0.15, 0.2) is 23.3 Å². The average Bonchev–Trinajstić information content (AvgIpc) is 2.95. The highest BCUT2D eigenvalue weighted by Gasteiger charge is 2.19. The van der Waals surface area contributed by atoms with Gasteiger partial charge in [0.25, 0.3) is 0 Å². The third-order valence-electron chi connectivity index (χ3n) is 2.72. The second kappa shape index (κ2) is 4.86. The Labute approximate surface area is 124 Å². The molecule has 21 heavy (non-hydrogen) atoms. The van der Waals surface area contributed by atoms with E-state index in [1.54, 1.807) is 0 Å². The summed E-state index contributed by atoms with van der Waals surface area (Å²) in [7, 11) is 0. The summed E-state index contributed by atoms with van der Waals surface area (Å²) in [6.07, 6.45) is 2.42. The third-order valence-corrected chi connectivity index (χ3v) is 3.45. The number of hydrogen-bond donors (Lipinski definition) is 1. The predicted molar refractivity (Wildman–Crippen MR) is 72.7 cm³/mol. The van der Waals surface area contributed by atoms with Crippen molar-refractivity contribution in [2.24, 2.45) is 0 Å². The molecule has 3 aromatic heterocycles. The van der Waals surface area contributed by atoms with Crippen molar-refractivity contribution in [3.05, 3.63) is 45.2 Å². The molecule has 0 bridgehead atoms. The van der Waals surface area contributed by atoms with Crippen LogP contribution in [0.2, 0.25) is 5.15 Å². The second-order valence-corrected chi connectivity index (χ2v) is 4.86. The fraction of sp³-hybridized carbons (Fsp3) is 0. The molecule has 0 aromatic carbocycles. The average molecular weight is 327 g/mol. The predicted octanol–water partition coefficient (Wildman–Crippen LogP) is 1.73. The molecule has 0 saturated carbocycles. The summed E-state index contributed by atoms with van der Waals surface area (Å²) < 4.78 is 22.5. The van der Waals surface area contributed by atoms with Gasteiger partial charge in [-0.05, 0) is 6.07 Å². The first-order valence-electron chi connectivity index (χ1n) is 5.41. The van der Waals surface area contributed by atoms with E-state index in [4.69, 9.17) is 16.7 Å². The Morgan fingerprint density at radius 3 is 2.86 bits per heavy atom. The first-order valence-corrected chi connectivity index (χ1v) is 6.52. The number of aromatic carboxylic acids is 1. The van der Waals surface area contributed by atoms with Crippen LogP contribution in [0.1, 0.15) is 10.4 Å². The molecule has 0 aliphatic rings. The van der Waals surface area contributed by atoms with Crippen LogP contribution in [-0.4, -0.2) is 29.4 Å². The van der Waals surface area contributed by atoms with Crippen LogP contribution in [0.25, 0.3) is 16.9 Å². The lowest BCUT2D eigenvalue weighted by Crippen LogP contribution is -2.19. The number of halogens is 2. The summed E-state index contributed by atoms with van der Waals surface area (Å²) in [5, 5.41) is 8.45. The molecule has 0 unspecified atom stereocenters. The van der Waals surface area contributed by atoms with Crippen LogP contribution in [0.3, 0.4) is 0 Å². The molecule has 10 heteroatoms. The Bertz CT molecular complexity index is 925. The van der Waals surface area contributed by atoms with Gasteiger partial charge in [0.1, 0.15) is 5.56 Å². The number of aromatic nitrogens is 4. The van der Waals surface area contributed by atoms with E-state index in [1.165, 1.54) is 10.8 Å². The van der Waals surface area contributed by atoms with E-state index in [2.05, 4.69) is 13.7 Å². The first-order chi connectivity index (χ1) is 9.99. The highest BCUT2D eigenvalue weighted by atomic mass is 35.5. The lowest BCUT2D eigenvalue weighted by Gasteiger charge is -2.09. The van der Waals surface area contributed by atoms with Gasteiger partial charge in [-0.25, -0.2) is 14.2 Å². The van der Waals surface area contributed by atoms with Crippen molar-refractivity contribution in [3.8, 4) is 5.82 Å². The molecule has 0 aliphatic carbocycles. The van der Waals surface area contributed by atoms with Crippen LogP contribution in [-0.2, 0) is 0 Å². The molecule has 0 radical (unpaired) electrons. The Hall–Kier alpha value is -2.39. The van der Waals surface area contributed by atoms with Crippen LogP contribution in [0, 0.1) is 5.82 Å². The Kier molecular flexibility index (Phi) is 3.15. The standard InChI is InChI=1S/C11H4ClFN4O3S/c12-9-6(13)1-4-8(18)5(11(19)20)3-17(10(4)15-9)7-2-14-21-16-7/h1-3H,(H,19,20). The van der Waals surface area contributed by atoms with Gasteiger partial charge in [0.05, 0.1) is 23.3 Å². The molecule has 0 amide bonds. The van der Waals surface area contributed by atoms with E-state index in [0.717, 1.165) is 24.0 Å². The van der Waals surface area contributed by atoms with Gasteiger partial charge in [0.15, 0.2) is 22.4 Å². The number of carbonyl (C=O) groups is 1. The largest absolute Gasteiger partial charge is 0.477 e. The number of fused-ring (bicyclic) bond motifs is 1. The molecule has 1 N–H and O–H groups in total. The van der Waals surface area contributed by atoms with Crippen molar-refractivity contribution in [2.45, 2.75) is 0 Å². The Morgan fingerprint density at radius 2 is 2.24 bits per heavy atom. The molecule has 0 saturated heterocycles. The molecule has 3 heterocycles. The smallest absolute Gasteiger partial charge is 0.341 e. The van der Waals surface area contributed by atoms with E-state index in [1.807, 2.05) is 0 Å². The maximum absolute atomic E-state index is 13.5. The topological polar surface area (TPSA) is 98.0 Å². The normalized spacial score (nSPS) is 11.0. The van der Waals surface area contributed by atoms with Crippen molar-refractivity contribution < 1.29 is 14.3 Å². The minimum Gasteiger partial charge on any atom is -0.477 e. The zero-order valence-electron chi connectivity index (χ0n) is 9.95. The number of nitrogens with zero attached hydrogens (tertiary/aromatic N) is 4.